The van der Waals surface area contributed by atoms with Gasteiger partial charge >= 0.3 is 0 Å². The summed E-state index contributed by atoms with van der Waals surface area (Å²) < 4.78 is 13.2. The van der Waals surface area contributed by atoms with Crippen LogP contribution in [0.1, 0.15) is 50.5 Å². The molecule has 0 spiro atoms. The predicted octanol–water partition coefficient (Wildman–Crippen LogP) is 6.14. The number of unbranched alkanes of at least 4 members (excludes halogenated alkanes) is 6. The van der Waals surface area contributed by atoms with Gasteiger partial charge in [0.1, 0.15) is 0 Å². The van der Waals surface area contributed by atoms with E-state index < -0.39 is 13.9 Å². The van der Waals surface area contributed by atoms with Crippen LogP contribution in [0, 0.1) is 5.82 Å². The molecule has 0 radical (unpaired) electrons. The van der Waals surface area contributed by atoms with Gasteiger partial charge in [0.2, 0.25) is 0 Å². The lowest BCUT2D eigenvalue weighted by atomic mass is 10.0. The molecule has 120 valence electrons. The summed E-state index contributed by atoms with van der Waals surface area (Å²) in [6.45, 7) is 7.33. The molecule has 3 heteroatoms. The fourth-order valence-electron chi connectivity index (χ4n) is 2.57. The van der Waals surface area contributed by atoms with Gasteiger partial charge in [-0.3, -0.25) is 0 Å². The SMILES string of the molecule is C[Si](C)(C)CCCCCCCCCc1ccc(O)c(F)c1. The minimum atomic E-state index is -0.833. The van der Waals surface area contributed by atoms with Crippen molar-refractivity contribution >= 4 is 8.07 Å². The van der Waals surface area contributed by atoms with E-state index in [-0.39, 0.29) is 5.75 Å². The van der Waals surface area contributed by atoms with Gasteiger partial charge in [0.05, 0.1) is 0 Å². The van der Waals surface area contributed by atoms with Gasteiger partial charge in [0, 0.05) is 8.07 Å². The molecule has 1 nitrogen and oxygen atoms in total. The van der Waals surface area contributed by atoms with E-state index in [4.69, 9.17) is 5.11 Å². The summed E-state index contributed by atoms with van der Waals surface area (Å²) in [4.78, 5) is 0. The lowest BCUT2D eigenvalue weighted by Crippen LogP contribution is -2.18. The van der Waals surface area contributed by atoms with Crippen LogP contribution in [0.5, 0.6) is 5.75 Å². The lowest BCUT2D eigenvalue weighted by Gasteiger charge is -2.14. The van der Waals surface area contributed by atoms with Gasteiger partial charge in [-0.05, 0) is 30.5 Å². The van der Waals surface area contributed by atoms with Gasteiger partial charge in [0.15, 0.2) is 11.6 Å². The summed E-state index contributed by atoms with van der Waals surface area (Å²) in [5.41, 5.74) is 0.987. The first-order valence-electron chi connectivity index (χ1n) is 8.36. The first kappa shape index (κ1) is 18.2. The Kier molecular flexibility index (Phi) is 8.01. The minimum Gasteiger partial charge on any atom is -0.505 e. The van der Waals surface area contributed by atoms with Crippen LogP contribution in [0.4, 0.5) is 4.39 Å². The molecule has 0 aliphatic rings. The summed E-state index contributed by atoms with van der Waals surface area (Å²) in [5.74, 6) is -0.757. The molecule has 1 aromatic carbocycles. The lowest BCUT2D eigenvalue weighted by molar-refractivity contribution is 0.431. The van der Waals surface area contributed by atoms with Crippen LogP contribution in [0.3, 0.4) is 0 Å². The van der Waals surface area contributed by atoms with Crippen molar-refractivity contribution in [3.63, 3.8) is 0 Å². The fraction of sp³-hybridized carbons (Fsp3) is 0.667. The Bertz CT molecular complexity index is 412. The van der Waals surface area contributed by atoms with Crippen molar-refractivity contribution < 1.29 is 9.50 Å². The maximum atomic E-state index is 13.2. The highest BCUT2D eigenvalue weighted by molar-refractivity contribution is 6.76. The van der Waals surface area contributed by atoms with Crippen LogP contribution in [0.2, 0.25) is 25.7 Å². The molecule has 0 saturated heterocycles. The van der Waals surface area contributed by atoms with Crippen LogP contribution in [0.15, 0.2) is 18.2 Å². The number of rotatable bonds is 10. The summed E-state index contributed by atoms with van der Waals surface area (Å²) >= 11 is 0. The standard InChI is InChI=1S/C18H31FOSi/c1-21(2,3)14-10-8-6-4-5-7-9-11-16-12-13-18(20)17(19)15-16/h12-13,15,20H,4-11,14H2,1-3H3. The monoisotopic (exact) mass is 310 g/mol. The molecule has 0 unspecified atom stereocenters. The first-order valence-corrected chi connectivity index (χ1v) is 12.1. The second-order valence-corrected chi connectivity index (χ2v) is 12.9. The molecule has 0 heterocycles. The molecule has 0 aliphatic heterocycles. The van der Waals surface area contributed by atoms with E-state index in [1.807, 2.05) is 6.07 Å². The molecule has 21 heavy (non-hydrogen) atoms. The molecule has 1 N–H and O–H groups in total. The smallest absolute Gasteiger partial charge is 0.165 e. The number of halogens is 1. The normalized spacial score (nSPS) is 11.8. The third-order valence-electron chi connectivity index (χ3n) is 3.90. The van der Waals surface area contributed by atoms with Gasteiger partial charge in [-0.2, -0.15) is 0 Å². The number of benzene rings is 1. The quantitative estimate of drug-likeness (QED) is 0.406. The van der Waals surface area contributed by atoms with Crippen molar-refractivity contribution in [3.8, 4) is 5.75 Å². The van der Waals surface area contributed by atoms with Gasteiger partial charge in [-0.15, -0.1) is 0 Å². The van der Waals surface area contributed by atoms with E-state index in [0.717, 1.165) is 18.4 Å². The Morgan fingerprint density at radius 2 is 1.48 bits per heavy atom. The topological polar surface area (TPSA) is 20.2 Å². The average molecular weight is 311 g/mol. The maximum Gasteiger partial charge on any atom is 0.165 e. The van der Waals surface area contributed by atoms with Gasteiger partial charge in [0.25, 0.3) is 0 Å². The van der Waals surface area contributed by atoms with E-state index >= 15 is 0 Å². The van der Waals surface area contributed by atoms with E-state index in [1.165, 1.54) is 56.7 Å². The van der Waals surface area contributed by atoms with Crippen molar-refractivity contribution in [3.05, 3.63) is 29.6 Å². The highest BCUT2D eigenvalue weighted by Crippen LogP contribution is 2.19. The summed E-state index contributed by atoms with van der Waals surface area (Å²) in [6, 6.07) is 6.17. The Morgan fingerprint density at radius 3 is 2.05 bits per heavy atom. The highest BCUT2D eigenvalue weighted by Gasteiger charge is 2.11. The second-order valence-electron chi connectivity index (χ2n) is 7.32. The Morgan fingerprint density at radius 1 is 0.905 bits per heavy atom. The molecule has 0 atom stereocenters. The van der Waals surface area contributed by atoms with E-state index in [9.17, 15) is 4.39 Å². The van der Waals surface area contributed by atoms with Crippen molar-refractivity contribution in [2.45, 2.75) is 77.1 Å². The fourth-order valence-corrected chi connectivity index (χ4v) is 3.88. The maximum absolute atomic E-state index is 13.2. The number of phenolic OH excluding ortho intramolecular Hbond substituents is 1. The van der Waals surface area contributed by atoms with Crippen molar-refractivity contribution in [2.24, 2.45) is 0 Å². The molecule has 1 aromatic rings. The minimum absolute atomic E-state index is 0.253. The van der Waals surface area contributed by atoms with Crippen LogP contribution >= 0.6 is 0 Å². The predicted molar refractivity (Wildman–Crippen MR) is 92.2 cm³/mol. The molecule has 0 fully saturated rings. The van der Waals surface area contributed by atoms with Gasteiger partial charge in [-0.25, -0.2) is 4.39 Å². The van der Waals surface area contributed by atoms with Gasteiger partial charge in [-0.1, -0.05) is 70.3 Å². The van der Waals surface area contributed by atoms with Crippen LogP contribution < -0.4 is 0 Å². The Hall–Kier alpha value is -0.833. The third-order valence-corrected chi connectivity index (χ3v) is 5.76. The first-order chi connectivity index (χ1) is 9.88. The zero-order valence-corrected chi connectivity index (χ0v) is 14.9. The zero-order chi connectivity index (χ0) is 15.7. The zero-order valence-electron chi connectivity index (χ0n) is 13.9. The van der Waals surface area contributed by atoms with Crippen LogP contribution in [0.25, 0.3) is 0 Å². The Labute approximate surface area is 130 Å². The molecule has 0 aliphatic carbocycles. The molecule has 0 amide bonds. The third kappa shape index (κ3) is 8.92. The molecular weight excluding hydrogens is 279 g/mol. The molecule has 0 aromatic heterocycles. The van der Waals surface area contributed by atoms with Crippen molar-refractivity contribution in [2.75, 3.05) is 0 Å². The number of hydrogen-bond acceptors (Lipinski definition) is 1. The summed E-state index contributed by atoms with van der Waals surface area (Å²) in [5, 5.41) is 9.13. The van der Waals surface area contributed by atoms with Crippen LogP contribution in [-0.2, 0) is 6.42 Å². The summed E-state index contributed by atoms with van der Waals surface area (Å²) in [7, 11) is -0.833. The number of aromatic hydroxyl groups is 1. The number of phenols is 1. The van der Waals surface area contributed by atoms with Crippen molar-refractivity contribution in [1.29, 1.82) is 0 Å². The summed E-state index contributed by atoms with van der Waals surface area (Å²) in [6.07, 6.45) is 10.00. The number of hydrogen-bond donors (Lipinski definition) is 1. The van der Waals surface area contributed by atoms with E-state index in [1.54, 1.807) is 0 Å². The van der Waals surface area contributed by atoms with E-state index in [0.29, 0.717) is 0 Å². The van der Waals surface area contributed by atoms with Crippen LogP contribution in [-0.4, -0.2) is 13.2 Å². The average Bonchev–Trinajstić information content (AvgIpc) is 2.39. The second kappa shape index (κ2) is 9.24. The Balaban J connectivity index is 1.98. The molecular formula is C18H31FOSi. The molecule has 0 bridgehead atoms. The number of aryl methyl sites for hydroxylation is 1. The van der Waals surface area contributed by atoms with Gasteiger partial charge < -0.3 is 5.11 Å². The largest absolute Gasteiger partial charge is 0.505 e. The van der Waals surface area contributed by atoms with E-state index in [2.05, 4.69) is 19.6 Å². The highest BCUT2D eigenvalue weighted by atomic mass is 28.3. The molecule has 1 rings (SSSR count). The molecule has 0 saturated carbocycles. The van der Waals surface area contributed by atoms with Crippen molar-refractivity contribution in [1.82, 2.24) is 0 Å².